The smallest absolute Gasteiger partial charge is 0.168 e. The minimum atomic E-state index is 0.664. The van der Waals surface area contributed by atoms with Crippen molar-refractivity contribution >= 4 is 87.0 Å². The molecular weight excluding hydrogens is 1230 g/mol. The van der Waals surface area contributed by atoms with Gasteiger partial charge in [-0.05, 0) is 141 Å². The molecule has 9 nitrogen and oxygen atoms in total. The molecule has 5 aromatic heterocycles. The van der Waals surface area contributed by atoms with Crippen LogP contribution in [-0.2, 0) is 0 Å². The largest absolute Gasteiger partial charge is 0.309 e. The lowest BCUT2D eigenvalue weighted by Gasteiger charge is -2.13. The molecule has 0 bridgehead atoms. The third-order valence-electron chi connectivity index (χ3n) is 20.0. The van der Waals surface area contributed by atoms with Crippen LogP contribution in [-0.4, -0.2) is 43.8 Å². The van der Waals surface area contributed by atoms with E-state index in [-0.39, 0.29) is 0 Å². The Morgan fingerprint density at radius 3 is 0.990 bits per heavy atom. The summed E-state index contributed by atoms with van der Waals surface area (Å²) in [5, 5.41) is 21.7. The molecule has 20 rings (SSSR count). The van der Waals surface area contributed by atoms with E-state index in [9.17, 15) is 0 Å². The molecule has 9 heteroatoms. The van der Waals surface area contributed by atoms with Gasteiger partial charge in [0.05, 0.1) is 44.5 Å². The first kappa shape index (κ1) is 57.5. The van der Waals surface area contributed by atoms with E-state index in [0.717, 1.165) is 150 Å². The lowest BCUT2D eigenvalue weighted by molar-refractivity contribution is 1.07. The Morgan fingerprint density at radius 1 is 0.198 bits per heavy atom. The van der Waals surface area contributed by atoms with E-state index >= 15 is 0 Å². The van der Waals surface area contributed by atoms with E-state index in [1.54, 1.807) is 0 Å². The summed E-state index contributed by atoms with van der Waals surface area (Å²) in [7, 11) is 0. The Kier molecular flexibility index (Phi) is 13.4. The number of para-hydroxylation sites is 5. The summed E-state index contributed by atoms with van der Waals surface area (Å²) < 4.78 is 6.90. The van der Waals surface area contributed by atoms with Gasteiger partial charge in [0.1, 0.15) is 0 Å². The van der Waals surface area contributed by atoms with Crippen LogP contribution in [0.1, 0.15) is 0 Å². The summed E-state index contributed by atoms with van der Waals surface area (Å²) in [6.45, 7) is 0. The molecule has 0 N–H and O–H groups in total. The first-order valence-electron chi connectivity index (χ1n) is 34.1. The zero-order valence-electron chi connectivity index (χ0n) is 54.4. The van der Waals surface area contributed by atoms with E-state index in [0.29, 0.717) is 11.6 Å². The molecule has 101 heavy (non-hydrogen) atoms. The zero-order valence-corrected chi connectivity index (χ0v) is 54.4. The van der Waals surface area contributed by atoms with Gasteiger partial charge in [-0.3, -0.25) is 4.57 Å². The second-order valence-corrected chi connectivity index (χ2v) is 25.8. The third-order valence-corrected chi connectivity index (χ3v) is 20.0. The molecule has 15 aromatic carbocycles. The summed E-state index contributed by atoms with van der Waals surface area (Å²) >= 11 is 0. The van der Waals surface area contributed by atoms with Crippen LogP contribution >= 0.6 is 0 Å². The Bertz CT molecular complexity index is 6270. The van der Waals surface area contributed by atoms with Crippen LogP contribution in [0.4, 0.5) is 0 Å². The van der Waals surface area contributed by atoms with E-state index in [1.165, 1.54) is 32.7 Å². The maximum Gasteiger partial charge on any atom is 0.168 e. The number of nitrogens with zero attached hydrogens (tertiary/aromatic N) is 9. The Balaban J connectivity index is 0.650. The lowest BCUT2D eigenvalue weighted by atomic mass is 9.96. The van der Waals surface area contributed by atoms with Gasteiger partial charge in [0.15, 0.2) is 23.3 Å². The average Bonchev–Trinajstić information content (AvgIpc) is 1.57. The van der Waals surface area contributed by atoms with Crippen LogP contribution in [0.25, 0.3) is 194 Å². The van der Waals surface area contributed by atoms with Gasteiger partial charge in [-0.2, -0.15) is 0 Å². The van der Waals surface area contributed by atoms with Gasteiger partial charge < -0.3 is 9.13 Å². The first-order chi connectivity index (χ1) is 50.1. The van der Waals surface area contributed by atoms with E-state index in [4.69, 9.17) is 30.1 Å². The highest BCUT2D eigenvalue weighted by atomic mass is 15.3. The second-order valence-electron chi connectivity index (χ2n) is 25.8. The quantitative estimate of drug-likeness (QED) is 0.128. The van der Waals surface area contributed by atoms with Crippen LogP contribution in [0.3, 0.4) is 0 Å². The summed E-state index contributed by atoms with van der Waals surface area (Å²) in [4.78, 5) is 21.0. The topological polar surface area (TPSA) is 92.1 Å². The average molecular weight is 1290 g/mol. The van der Waals surface area contributed by atoms with Crippen molar-refractivity contribution in [3.05, 3.63) is 346 Å². The van der Waals surface area contributed by atoms with Crippen molar-refractivity contribution in [1.82, 2.24) is 43.8 Å². The summed E-state index contributed by atoms with van der Waals surface area (Å²) in [5.74, 6) is 2.77. The van der Waals surface area contributed by atoms with Crippen molar-refractivity contribution in [3.63, 3.8) is 0 Å². The van der Waals surface area contributed by atoms with Gasteiger partial charge in [0, 0.05) is 82.8 Å². The number of hydrogen-bond acceptors (Lipinski definition) is 6. The first-order valence-corrected chi connectivity index (χ1v) is 34.1. The number of fused-ring (bicyclic) bond motifs is 10. The number of benzene rings is 15. The number of hydrogen-bond donors (Lipinski definition) is 0. The third kappa shape index (κ3) is 9.70. The Labute approximate surface area is 580 Å². The summed E-state index contributed by atoms with van der Waals surface area (Å²) in [6, 6.07) is 123. The predicted octanol–water partition coefficient (Wildman–Crippen LogP) is 23.0. The van der Waals surface area contributed by atoms with Gasteiger partial charge in [0.2, 0.25) is 0 Å². The minimum absolute atomic E-state index is 0.664. The summed E-state index contributed by atoms with van der Waals surface area (Å²) in [5.41, 5.74) is 21.3. The molecule has 20 aromatic rings. The normalized spacial score (nSPS) is 11.8. The maximum absolute atomic E-state index is 5.33. The summed E-state index contributed by atoms with van der Waals surface area (Å²) in [6.07, 6.45) is 0. The fraction of sp³-hybridized carbons (Fsp3) is 0. The molecule has 0 atom stereocenters. The van der Waals surface area contributed by atoms with Crippen LogP contribution in [0.15, 0.2) is 346 Å². The van der Waals surface area contributed by atoms with Crippen molar-refractivity contribution in [2.45, 2.75) is 0 Å². The molecule has 0 unspecified atom stereocenters. The fourth-order valence-electron chi connectivity index (χ4n) is 15.2. The monoisotopic (exact) mass is 1290 g/mol. The van der Waals surface area contributed by atoms with Crippen molar-refractivity contribution < 1.29 is 0 Å². The van der Waals surface area contributed by atoms with Gasteiger partial charge in [-0.15, -0.1) is 10.2 Å². The molecule has 0 aliphatic carbocycles. The Hall–Kier alpha value is -13.8. The Morgan fingerprint density at radius 2 is 0.535 bits per heavy atom. The zero-order chi connectivity index (χ0) is 66.5. The van der Waals surface area contributed by atoms with Crippen molar-refractivity contribution in [2.24, 2.45) is 0 Å². The highest BCUT2D eigenvalue weighted by Gasteiger charge is 2.24. The highest BCUT2D eigenvalue weighted by Crippen LogP contribution is 2.42. The van der Waals surface area contributed by atoms with Crippen molar-refractivity contribution in [3.8, 4) is 107 Å². The highest BCUT2D eigenvalue weighted by molar-refractivity contribution is 6.12. The predicted molar refractivity (Wildman–Crippen MR) is 415 cm³/mol. The SMILES string of the molecule is c1ccc(-n2c(-c3ccc4c5ccccc5n(-c5ccc(-c6nc(-c7ccc(-c8cccc9ccccc89)cc7)c7ccccc7n6)cc5)c4c3)nnc2-c2ccc3c4ccccc4n(-c4ccc(-c5nc(-c6ccc(-c7cccc8ccccc78)cc6)c6ccccc6n5)cc4)c3c2)cc1. The van der Waals surface area contributed by atoms with Gasteiger partial charge in [-0.25, -0.2) is 19.9 Å². The van der Waals surface area contributed by atoms with E-state index < -0.39 is 0 Å². The molecular formula is C92H57N9. The van der Waals surface area contributed by atoms with Crippen molar-refractivity contribution in [2.75, 3.05) is 0 Å². The molecule has 470 valence electrons. The van der Waals surface area contributed by atoms with Gasteiger partial charge in [-0.1, -0.05) is 249 Å². The molecule has 0 saturated heterocycles. The van der Waals surface area contributed by atoms with Crippen LogP contribution in [0.5, 0.6) is 0 Å². The molecule has 0 spiro atoms. The number of rotatable bonds is 11. The number of aromatic nitrogens is 9. The van der Waals surface area contributed by atoms with E-state index in [2.05, 4.69) is 341 Å². The lowest BCUT2D eigenvalue weighted by Crippen LogP contribution is -2.01. The standard InChI is InChI=1S/C92H57N9/c1-2-22-68(23-3-1)101-91(66-48-54-77-75-26-10-14-34-83(75)99(85(77)56-66)69-50-44-64(45-51-69)89-93-81-32-12-8-28-79(81)87(95-89)62-40-36-60(37-41-62)73-30-16-20-58-18-4-6-24-71(58)73)97-98-92(101)67-49-55-78-76-27-11-15-35-84(76)100(86(78)57-67)70-52-46-65(47-53-70)90-94-82-33-13-9-29-80(82)88(96-90)63-42-38-61(39-43-63)74-31-17-21-59-19-5-7-25-72(59)74/h1-57H. The fourth-order valence-corrected chi connectivity index (χ4v) is 15.2. The van der Waals surface area contributed by atoms with Crippen molar-refractivity contribution in [1.29, 1.82) is 0 Å². The molecule has 0 radical (unpaired) electrons. The van der Waals surface area contributed by atoms with Crippen LogP contribution in [0.2, 0.25) is 0 Å². The minimum Gasteiger partial charge on any atom is -0.309 e. The van der Waals surface area contributed by atoms with Crippen LogP contribution < -0.4 is 0 Å². The van der Waals surface area contributed by atoms with E-state index in [1.807, 2.05) is 18.2 Å². The molecule has 0 amide bonds. The molecule has 0 fully saturated rings. The molecule has 0 aliphatic rings. The van der Waals surface area contributed by atoms with Gasteiger partial charge >= 0.3 is 0 Å². The second kappa shape index (κ2) is 23.5. The molecule has 5 heterocycles. The van der Waals surface area contributed by atoms with Gasteiger partial charge in [0.25, 0.3) is 0 Å². The van der Waals surface area contributed by atoms with Crippen LogP contribution in [0, 0.1) is 0 Å². The molecule has 0 saturated carbocycles. The molecule has 0 aliphatic heterocycles. The maximum atomic E-state index is 5.33.